The Morgan fingerprint density at radius 3 is 2.35 bits per heavy atom. The van der Waals surface area contributed by atoms with Gasteiger partial charge in [0.25, 0.3) is 0 Å². The van der Waals surface area contributed by atoms with Gasteiger partial charge < -0.3 is 14.6 Å². The van der Waals surface area contributed by atoms with Gasteiger partial charge in [-0.2, -0.15) is 0 Å². The quantitative estimate of drug-likeness (QED) is 0.269. The van der Waals surface area contributed by atoms with Crippen LogP contribution in [0, 0.1) is 0 Å². The number of ketones is 1. The van der Waals surface area contributed by atoms with Crippen LogP contribution in [0.1, 0.15) is 39.6 Å². The Hall–Kier alpha value is -3.41. The topological polar surface area (TPSA) is 89.9 Å². The maximum atomic E-state index is 12.9. The zero-order valence-electron chi connectivity index (χ0n) is 14.2. The van der Waals surface area contributed by atoms with Crippen molar-refractivity contribution in [2.45, 2.75) is 13.3 Å². The van der Waals surface area contributed by atoms with E-state index in [-0.39, 0.29) is 23.5 Å². The summed E-state index contributed by atoms with van der Waals surface area (Å²) in [6.07, 6.45) is 0.618. The summed E-state index contributed by atoms with van der Waals surface area (Å²) in [5.74, 6) is -3.31. The predicted molar refractivity (Wildman–Crippen MR) is 94.3 cm³/mol. The van der Waals surface area contributed by atoms with E-state index in [1.54, 1.807) is 30.3 Å². The molecular formula is C20H18O6. The smallest absolute Gasteiger partial charge is 0.378 e. The Kier molecular flexibility index (Phi) is 6.27. The molecule has 6 nitrogen and oxygen atoms in total. The summed E-state index contributed by atoms with van der Waals surface area (Å²) in [6.45, 7) is 5.12. The highest BCUT2D eigenvalue weighted by Crippen LogP contribution is 2.27. The number of benzene rings is 2. The lowest BCUT2D eigenvalue weighted by molar-refractivity contribution is -0.132. The number of aliphatic hydroxyl groups is 1. The Morgan fingerprint density at radius 1 is 1.04 bits per heavy atom. The molecule has 2 aromatic carbocycles. The van der Waals surface area contributed by atoms with E-state index in [0.717, 1.165) is 0 Å². The van der Waals surface area contributed by atoms with E-state index in [2.05, 4.69) is 6.58 Å². The van der Waals surface area contributed by atoms with E-state index >= 15 is 0 Å². The van der Waals surface area contributed by atoms with Gasteiger partial charge in [0.1, 0.15) is 5.75 Å². The Bertz CT molecular complexity index is 839. The first kappa shape index (κ1) is 18.9. The highest BCUT2D eigenvalue weighted by Gasteiger charge is 2.25. The number of rotatable bonds is 7. The zero-order chi connectivity index (χ0) is 19.1. The molecule has 6 heteroatoms. The lowest BCUT2D eigenvalue weighted by Crippen LogP contribution is -2.17. The van der Waals surface area contributed by atoms with E-state index < -0.39 is 23.5 Å². The summed E-state index contributed by atoms with van der Waals surface area (Å²) < 4.78 is 10.1. The number of esters is 2. The first-order valence-corrected chi connectivity index (χ1v) is 7.95. The molecule has 0 radical (unpaired) electrons. The van der Waals surface area contributed by atoms with Crippen LogP contribution in [0.3, 0.4) is 0 Å². The van der Waals surface area contributed by atoms with Crippen molar-refractivity contribution in [3.05, 3.63) is 77.6 Å². The SMILES string of the molecule is C=C(O)C(=O)Oc1cccc(C(=O)OCCC)c1C(=O)c1ccccc1. The first-order chi connectivity index (χ1) is 12.5. The van der Waals surface area contributed by atoms with Gasteiger partial charge in [0.15, 0.2) is 11.5 Å². The van der Waals surface area contributed by atoms with E-state index in [1.165, 1.54) is 18.2 Å². The molecule has 0 unspecified atom stereocenters. The lowest BCUT2D eigenvalue weighted by Gasteiger charge is -2.13. The second kappa shape index (κ2) is 8.62. The van der Waals surface area contributed by atoms with Gasteiger partial charge in [-0.05, 0) is 25.1 Å². The fourth-order valence-electron chi connectivity index (χ4n) is 2.19. The second-order valence-corrected chi connectivity index (χ2v) is 5.35. The molecule has 0 aliphatic rings. The van der Waals surface area contributed by atoms with Crippen LogP contribution in [-0.4, -0.2) is 29.4 Å². The third-order valence-corrected chi connectivity index (χ3v) is 3.38. The Morgan fingerprint density at radius 2 is 1.73 bits per heavy atom. The standard InChI is InChI=1S/C20H18O6/c1-3-12-25-20(24)15-10-7-11-16(26-19(23)13(2)21)17(15)18(22)14-8-5-4-6-9-14/h4-11,21H,2-3,12H2,1H3. The molecular weight excluding hydrogens is 336 g/mol. The van der Waals surface area contributed by atoms with E-state index in [0.29, 0.717) is 12.0 Å². The van der Waals surface area contributed by atoms with Gasteiger partial charge in [0.2, 0.25) is 0 Å². The van der Waals surface area contributed by atoms with Crippen LogP contribution in [0.5, 0.6) is 5.75 Å². The van der Waals surface area contributed by atoms with Crippen LogP contribution >= 0.6 is 0 Å². The third kappa shape index (κ3) is 4.36. The molecule has 0 amide bonds. The van der Waals surface area contributed by atoms with Gasteiger partial charge in [-0.25, -0.2) is 9.59 Å². The van der Waals surface area contributed by atoms with Crippen molar-refractivity contribution >= 4 is 17.7 Å². The van der Waals surface area contributed by atoms with Crippen molar-refractivity contribution in [2.24, 2.45) is 0 Å². The number of carbonyl (C=O) groups excluding carboxylic acids is 3. The highest BCUT2D eigenvalue weighted by atomic mass is 16.5. The van der Waals surface area contributed by atoms with Crippen LogP contribution in [0.25, 0.3) is 0 Å². The van der Waals surface area contributed by atoms with Crippen LogP contribution < -0.4 is 4.74 Å². The van der Waals surface area contributed by atoms with Crippen LogP contribution in [0.2, 0.25) is 0 Å². The lowest BCUT2D eigenvalue weighted by atomic mass is 9.97. The molecule has 0 fully saturated rings. The maximum Gasteiger partial charge on any atom is 0.378 e. The second-order valence-electron chi connectivity index (χ2n) is 5.35. The molecule has 0 aliphatic heterocycles. The summed E-state index contributed by atoms with van der Waals surface area (Å²) >= 11 is 0. The molecule has 0 spiro atoms. The maximum absolute atomic E-state index is 12.9. The fourth-order valence-corrected chi connectivity index (χ4v) is 2.19. The molecule has 0 atom stereocenters. The van der Waals surface area contributed by atoms with Crippen LogP contribution in [-0.2, 0) is 9.53 Å². The van der Waals surface area contributed by atoms with Gasteiger partial charge in [0, 0.05) is 5.56 Å². The molecule has 2 rings (SSSR count). The summed E-state index contributed by atoms with van der Waals surface area (Å²) in [5.41, 5.74) is 0.166. The van der Waals surface area contributed by atoms with E-state index in [4.69, 9.17) is 9.47 Å². The number of aliphatic hydroxyl groups excluding tert-OH is 1. The molecule has 0 saturated carbocycles. The number of hydrogen-bond donors (Lipinski definition) is 1. The summed E-state index contributed by atoms with van der Waals surface area (Å²) in [7, 11) is 0. The molecule has 0 bridgehead atoms. The molecule has 1 N–H and O–H groups in total. The van der Waals surface area contributed by atoms with Gasteiger partial charge in [0.05, 0.1) is 17.7 Å². The average molecular weight is 354 g/mol. The van der Waals surface area contributed by atoms with Crippen molar-refractivity contribution in [3.63, 3.8) is 0 Å². The van der Waals surface area contributed by atoms with Gasteiger partial charge >= 0.3 is 11.9 Å². The first-order valence-electron chi connectivity index (χ1n) is 7.95. The minimum absolute atomic E-state index is 0.0267. The summed E-state index contributed by atoms with van der Waals surface area (Å²) in [4.78, 5) is 37.0. The number of carbonyl (C=O) groups is 3. The van der Waals surface area contributed by atoms with Crippen molar-refractivity contribution in [1.29, 1.82) is 0 Å². The molecule has 2 aromatic rings. The van der Waals surface area contributed by atoms with Gasteiger partial charge in [-0.3, -0.25) is 4.79 Å². The molecule has 0 aliphatic carbocycles. The van der Waals surface area contributed by atoms with E-state index in [1.807, 2.05) is 6.92 Å². The zero-order valence-corrected chi connectivity index (χ0v) is 14.2. The monoisotopic (exact) mass is 354 g/mol. The molecule has 26 heavy (non-hydrogen) atoms. The van der Waals surface area contributed by atoms with Crippen molar-refractivity contribution < 1.29 is 29.0 Å². The van der Waals surface area contributed by atoms with E-state index in [9.17, 15) is 19.5 Å². The molecule has 134 valence electrons. The van der Waals surface area contributed by atoms with Gasteiger partial charge in [-0.15, -0.1) is 0 Å². The number of ether oxygens (including phenoxy) is 2. The molecule has 0 heterocycles. The Balaban J connectivity index is 2.54. The summed E-state index contributed by atoms with van der Waals surface area (Å²) in [5, 5.41) is 9.18. The Labute approximate surface area is 150 Å². The fraction of sp³-hybridized carbons (Fsp3) is 0.150. The minimum atomic E-state index is -1.12. The van der Waals surface area contributed by atoms with Crippen LogP contribution in [0.15, 0.2) is 60.9 Å². The van der Waals surface area contributed by atoms with Crippen LogP contribution in [0.4, 0.5) is 0 Å². The third-order valence-electron chi connectivity index (χ3n) is 3.38. The molecule has 0 aromatic heterocycles. The predicted octanol–water partition coefficient (Wildman–Crippen LogP) is 3.46. The average Bonchev–Trinajstić information content (AvgIpc) is 2.65. The number of hydrogen-bond acceptors (Lipinski definition) is 6. The van der Waals surface area contributed by atoms with Crippen molar-refractivity contribution in [2.75, 3.05) is 6.61 Å². The van der Waals surface area contributed by atoms with Gasteiger partial charge in [-0.1, -0.05) is 43.3 Å². The minimum Gasteiger partial charge on any atom is -0.502 e. The summed E-state index contributed by atoms with van der Waals surface area (Å²) in [6, 6.07) is 12.5. The van der Waals surface area contributed by atoms with Crippen molar-refractivity contribution in [1.82, 2.24) is 0 Å². The largest absolute Gasteiger partial charge is 0.502 e. The molecule has 0 saturated heterocycles. The van der Waals surface area contributed by atoms with Crippen molar-refractivity contribution in [3.8, 4) is 5.75 Å². The normalized spacial score (nSPS) is 10.0. The highest BCUT2D eigenvalue weighted by molar-refractivity contribution is 6.16.